The van der Waals surface area contributed by atoms with Gasteiger partial charge in [-0.2, -0.15) is 4.98 Å². The van der Waals surface area contributed by atoms with E-state index >= 15 is 0 Å². The van der Waals surface area contributed by atoms with Gasteiger partial charge < -0.3 is 26.6 Å². The van der Waals surface area contributed by atoms with E-state index in [2.05, 4.69) is 42.4 Å². The van der Waals surface area contributed by atoms with Crippen molar-refractivity contribution in [1.29, 1.82) is 0 Å². The number of aromatic nitrogens is 2. The number of hydrogen-bond donors (Lipinski definition) is 4. The van der Waals surface area contributed by atoms with Crippen molar-refractivity contribution in [2.45, 2.75) is 6.54 Å². The van der Waals surface area contributed by atoms with Crippen LogP contribution >= 0.6 is 0 Å². The number of nitrogens with one attached hydrogen (secondary N) is 3. The topological polar surface area (TPSA) is 121 Å². The van der Waals surface area contributed by atoms with Gasteiger partial charge in [0.1, 0.15) is 11.6 Å². The van der Waals surface area contributed by atoms with Crippen molar-refractivity contribution in [2.75, 3.05) is 37.1 Å². The van der Waals surface area contributed by atoms with E-state index < -0.39 is 11.7 Å². The molecule has 0 spiro atoms. The van der Waals surface area contributed by atoms with Crippen LogP contribution in [0.15, 0.2) is 78.2 Å². The highest BCUT2D eigenvalue weighted by Crippen LogP contribution is 2.32. The summed E-state index contributed by atoms with van der Waals surface area (Å²) in [6, 6.07) is 12.1. The van der Waals surface area contributed by atoms with E-state index in [0.717, 1.165) is 23.7 Å². The zero-order valence-electron chi connectivity index (χ0n) is 20.4. The molecule has 10 heteroatoms. The lowest BCUT2D eigenvalue weighted by molar-refractivity contribution is -0.111. The Morgan fingerprint density at radius 3 is 2.72 bits per heavy atom. The maximum absolute atomic E-state index is 14.8. The van der Waals surface area contributed by atoms with Gasteiger partial charge >= 0.3 is 0 Å². The lowest BCUT2D eigenvalue weighted by atomic mass is 10.0. The monoisotopic (exact) mass is 488 g/mol. The van der Waals surface area contributed by atoms with Gasteiger partial charge in [-0.25, -0.2) is 9.37 Å². The van der Waals surface area contributed by atoms with Crippen LogP contribution in [0, 0.1) is 5.82 Å². The first-order valence-electron chi connectivity index (χ1n) is 11.0. The fourth-order valence-electron chi connectivity index (χ4n) is 3.36. The first-order chi connectivity index (χ1) is 17.3. The Morgan fingerprint density at radius 1 is 1.22 bits per heavy atom. The number of carbonyl (C=O) groups excluding carboxylic acids is 1. The molecule has 36 heavy (non-hydrogen) atoms. The molecule has 0 bridgehead atoms. The molecule has 0 aliphatic heterocycles. The van der Waals surface area contributed by atoms with Gasteiger partial charge in [-0.3, -0.25) is 9.79 Å². The van der Waals surface area contributed by atoms with E-state index in [-0.39, 0.29) is 11.6 Å². The molecule has 3 rings (SSSR count). The lowest BCUT2D eigenvalue weighted by Gasteiger charge is -2.16. The number of nitrogens with zero attached hydrogens (tertiary/aromatic N) is 4. The fraction of sp³-hybridized carbons (Fsp3) is 0.154. The predicted molar refractivity (Wildman–Crippen MR) is 144 cm³/mol. The highest BCUT2D eigenvalue weighted by molar-refractivity contribution is 5.99. The second-order valence-electron chi connectivity index (χ2n) is 8.04. The average molecular weight is 489 g/mol. The molecule has 0 radical (unpaired) electrons. The Hall–Kier alpha value is -4.57. The Bertz CT molecular complexity index is 1300. The van der Waals surface area contributed by atoms with Crippen LogP contribution in [0.5, 0.6) is 0 Å². The molecule has 2 aromatic carbocycles. The van der Waals surface area contributed by atoms with Gasteiger partial charge in [0, 0.05) is 43.5 Å². The molecule has 0 atom stereocenters. The summed E-state index contributed by atoms with van der Waals surface area (Å²) in [6.07, 6.45) is 5.65. The normalized spacial score (nSPS) is 11.5. The molecule has 1 amide bonds. The summed E-state index contributed by atoms with van der Waals surface area (Å²) in [6.45, 7) is 4.18. The number of nitrogens with two attached hydrogens (primary N) is 1. The lowest BCUT2D eigenvalue weighted by Crippen LogP contribution is -2.11. The number of carbonyl (C=O) groups is 1. The summed E-state index contributed by atoms with van der Waals surface area (Å²) < 4.78 is 14.8. The Labute approximate surface area is 209 Å². The van der Waals surface area contributed by atoms with E-state index in [0.29, 0.717) is 22.8 Å². The number of benzene rings is 2. The molecule has 0 fully saturated rings. The average Bonchev–Trinajstić information content (AvgIpc) is 2.85. The zero-order valence-corrected chi connectivity index (χ0v) is 20.4. The molecule has 3 aromatic rings. The molecule has 9 nitrogen and oxygen atoms in total. The van der Waals surface area contributed by atoms with E-state index in [9.17, 15) is 9.18 Å². The number of anilines is 4. The summed E-state index contributed by atoms with van der Waals surface area (Å²) in [4.78, 5) is 26.7. The third-order valence-electron chi connectivity index (χ3n) is 4.90. The third-order valence-corrected chi connectivity index (χ3v) is 4.90. The van der Waals surface area contributed by atoms with Crippen LogP contribution in [0.1, 0.15) is 5.56 Å². The van der Waals surface area contributed by atoms with Crippen LogP contribution in [0.2, 0.25) is 0 Å². The van der Waals surface area contributed by atoms with Gasteiger partial charge in [0.2, 0.25) is 11.9 Å². The highest BCUT2D eigenvalue weighted by atomic mass is 19.1. The molecule has 0 aliphatic carbocycles. The van der Waals surface area contributed by atoms with Crippen LogP contribution in [0.4, 0.5) is 27.5 Å². The van der Waals surface area contributed by atoms with Gasteiger partial charge in [0.25, 0.3) is 0 Å². The molecular formula is C26H29FN8O. The Balaban J connectivity index is 2.07. The second kappa shape index (κ2) is 12.2. The van der Waals surface area contributed by atoms with Gasteiger partial charge in [0.05, 0.1) is 11.4 Å². The maximum atomic E-state index is 14.8. The van der Waals surface area contributed by atoms with E-state index in [1.54, 1.807) is 13.2 Å². The molecule has 0 aliphatic rings. The van der Waals surface area contributed by atoms with Crippen LogP contribution in [0.3, 0.4) is 0 Å². The van der Waals surface area contributed by atoms with Crippen molar-refractivity contribution >= 4 is 35.3 Å². The first kappa shape index (κ1) is 26.0. The molecular weight excluding hydrogens is 459 g/mol. The van der Waals surface area contributed by atoms with Crippen molar-refractivity contribution in [2.24, 2.45) is 10.7 Å². The zero-order chi connectivity index (χ0) is 26.1. The van der Waals surface area contributed by atoms with Crippen LogP contribution < -0.4 is 21.7 Å². The van der Waals surface area contributed by atoms with E-state index in [4.69, 9.17) is 5.73 Å². The molecule has 186 valence electrons. The van der Waals surface area contributed by atoms with Crippen LogP contribution in [-0.2, 0) is 11.3 Å². The Kier molecular flexibility index (Phi) is 8.84. The van der Waals surface area contributed by atoms with Crippen molar-refractivity contribution in [3.8, 4) is 11.1 Å². The first-order valence-corrected chi connectivity index (χ1v) is 11.0. The molecule has 1 heterocycles. The molecule has 0 saturated heterocycles. The summed E-state index contributed by atoms with van der Waals surface area (Å²) in [7, 11) is 5.60. The Morgan fingerprint density at radius 2 is 2.03 bits per heavy atom. The van der Waals surface area contributed by atoms with Crippen LogP contribution in [0.25, 0.3) is 11.1 Å². The number of halogens is 1. The molecule has 1 aromatic heterocycles. The minimum atomic E-state index is -0.521. The van der Waals surface area contributed by atoms with E-state index in [1.165, 1.54) is 30.6 Å². The smallest absolute Gasteiger partial charge is 0.247 e. The summed E-state index contributed by atoms with van der Waals surface area (Å²) in [5, 5.41) is 8.67. The van der Waals surface area contributed by atoms with Crippen molar-refractivity contribution < 1.29 is 9.18 Å². The second-order valence-corrected chi connectivity index (χ2v) is 8.04. The molecule has 0 saturated carbocycles. The van der Waals surface area contributed by atoms with Gasteiger partial charge in [-0.05, 0) is 55.6 Å². The number of allylic oxidation sites excluding steroid dienone is 1. The minimum Gasteiger partial charge on any atom is -0.403 e. The number of hydrogen-bond acceptors (Lipinski definition) is 8. The van der Waals surface area contributed by atoms with Crippen molar-refractivity contribution in [1.82, 2.24) is 14.9 Å². The molecule has 0 unspecified atom stereocenters. The number of amides is 1. The van der Waals surface area contributed by atoms with Crippen LogP contribution in [-0.4, -0.2) is 48.1 Å². The van der Waals surface area contributed by atoms with Gasteiger partial charge in [-0.1, -0.05) is 24.8 Å². The SMILES string of the molecule is C=CC(=O)Nc1ccc(F)c(Nc2nc(N/C(C=NC)=C/N)ncc2-c2cccc(CN(C)C)c2)c1. The summed E-state index contributed by atoms with van der Waals surface area (Å²) in [5.74, 6) is -0.338. The fourth-order valence-corrected chi connectivity index (χ4v) is 3.36. The van der Waals surface area contributed by atoms with Crippen molar-refractivity contribution in [3.63, 3.8) is 0 Å². The largest absolute Gasteiger partial charge is 0.403 e. The highest BCUT2D eigenvalue weighted by Gasteiger charge is 2.14. The number of rotatable bonds is 10. The third kappa shape index (κ3) is 6.97. The van der Waals surface area contributed by atoms with Gasteiger partial charge in [-0.15, -0.1) is 0 Å². The van der Waals surface area contributed by atoms with Gasteiger partial charge in [0.15, 0.2) is 0 Å². The summed E-state index contributed by atoms with van der Waals surface area (Å²) in [5.41, 5.74) is 9.27. The maximum Gasteiger partial charge on any atom is 0.247 e. The summed E-state index contributed by atoms with van der Waals surface area (Å²) >= 11 is 0. The van der Waals surface area contributed by atoms with E-state index in [1.807, 2.05) is 38.4 Å². The predicted octanol–water partition coefficient (Wildman–Crippen LogP) is 4.13. The van der Waals surface area contributed by atoms with Crippen molar-refractivity contribution in [3.05, 3.63) is 84.6 Å². The minimum absolute atomic E-state index is 0.122. The molecule has 5 N–H and O–H groups in total. The number of aliphatic imine (C=N–C) groups is 1. The quantitative estimate of drug-likeness (QED) is 0.250. The standard InChI is InChI=1S/C26H29FN8O/c1-5-24(36)31-19-9-10-22(27)23(12-19)33-25-21(18-8-6-7-17(11-18)16-35(3)4)15-30-26(34-25)32-20(13-28)14-29-2/h5-15H,1,16,28H2,2-4H3,(H,31,36)(H2,30,32,33,34)/b20-13+,29-14?.